The number of amides is 1. The fraction of sp³-hybridized carbons (Fsp3) is 0.704. The molecule has 6 N–H and O–H groups in total. The van der Waals surface area contributed by atoms with Crippen LogP contribution in [-0.2, 0) is 19.0 Å². The van der Waals surface area contributed by atoms with Gasteiger partial charge in [0.15, 0.2) is 0 Å². The molecule has 45 heavy (non-hydrogen) atoms. The smallest absolute Gasteiger partial charge is 0.322 e. The normalized spacial score (nSPS) is 14.4. The number of carbonyl (C=O) groups excluding carboxylic acids is 1. The van der Waals surface area contributed by atoms with Gasteiger partial charge in [-0.15, -0.1) is 23.9 Å². The molecule has 1 saturated heterocycles. The van der Waals surface area contributed by atoms with Gasteiger partial charge in [0.05, 0.1) is 59.0 Å². The summed E-state index contributed by atoms with van der Waals surface area (Å²) >= 11 is 0. The zero-order valence-corrected chi connectivity index (χ0v) is 26.6. The summed E-state index contributed by atoms with van der Waals surface area (Å²) in [7, 11) is 1.49. The van der Waals surface area contributed by atoms with Crippen molar-refractivity contribution in [2.75, 3.05) is 103 Å². The van der Waals surface area contributed by atoms with E-state index in [1.807, 2.05) is 4.90 Å². The summed E-state index contributed by atoms with van der Waals surface area (Å²) in [4.78, 5) is 30.7. The van der Waals surface area contributed by atoms with E-state index in [4.69, 9.17) is 36.8 Å². The molecule has 2 atom stereocenters. The number of nitrogens with two attached hydrogens (primary N) is 2. The van der Waals surface area contributed by atoms with Crippen LogP contribution in [0.15, 0.2) is 6.20 Å². The Morgan fingerprint density at radius 3 is 2.47 bits per heavy atom. The molecule has 0 aromatic carbocycles. The summed E-state index contributed by atoms with van der Waals surface area (Å²) in [6, 6.07) is -1.03. The second kappa shape index (κ2) is 21.4. The zero-order chi connectivity index (χ0) is 31.6. The van der Waals surface area contributed by atoms with Gasteiger partial charge in [0.1, 0.15) is 18.3 Å². The molecule has 3 rings (SSSR count). The lowest BCUT2D eigenvalue weighted by atomic mass is 10.1. The minimum absolute atomic E-state index is 0. The molecule has 2 aromatic rings. The van der Waals surface area contributed by atoms with Crippen LogP contribution in [0, 0.1) is 12.3 Å². The topological polar surface area (TPSA) is 214 Å². The van der Waals surface area contributed by atoms with E-state index in [1.165, 1.54) is 7.11 Å². The Hall–Kier alpha value is -3.37. The Kier molecular flexibility index (Phi) is 18.0. The van der Waals surface area contributed by atoms with Gasteiger partial charge in [0.2, 0.25) is 17.8 Å². The van der Waals surface area contributed by atoms with Crippen LogP contribution >= 0.6 is 12.4 Å². The third-order valence-corrected chi connectivity index (χ3v) is 6.76. The molecule has 1 aliphatic heterocycles. The van der Waals surface area contributed by atoms with Gasteiger partial charge in [-0.25, -0.2) is 4.68 Å². The molecule has 2 aromatic heterocycles. The van der Waals surface area contributed by atoms with Crippen molar-refractivity contribution in [2.45, 2.75) is 31.3 Å². The number of rotatable bonds is 21. The van der Waals surface area contributed by atoms with Gasteiger partial charge >= 0.3 is 6.01 Å². The Morgan fingerprint density at radius 2 is 1.80 bits per heavy atom. The van der Waals surface area contributed by atoms with Crippen LogP contribution in [0.1, 0.15) is 37.0 Å². The molecule has 0 saturated carbocycles. The predicted molar refractivity (Wildman–Crippen MR) is 168 cm³/mol. The first-order valence-electron chi connectivity index (χ1n) is 14.7. The van der Waals surface area contributed by atoms with Crippen LogP contribution in [0.5, 0.6) is 6.01 Å². The number of nitrogens with zero attached hydrogens (tertiary/aromatic N) is 8. The lowest BCUT2D eigenvalue weighted by Crippen LogP contribution is -2.51. The van der Waals surface area contributed by atoms with Crippen molar-refractivity contribution in [3.63, 3.8) is 0 Å². The fourth-order valence-electron chi connectivity index (χ4n) is 4.36. The molecule has 0 radical (unpaired) electrons. The maximum absolute atomic E-state index is 13.6. The SMILES string of the molecule is C#CCOCCOCCOCCNc1nc(OC)nc(N2CCN(C(=O)[C@H](CCCCN)n3cc(C(N)CO)nn3)CC2)n1.Cl. The van der Waals surface area contributed by atoms with Crippen molar-refractivity contribution in [2.24, 2.45) is 11.5 Å². The Bertz CT molecular complexity index is 1160. The zero-order valence-electron chi connectivity index (χ0n) is 25.8. The van der Waals surface area contributed by atoms with Crippen LogP contribution in [0.2, 0.25) is 0 Å². The number of anilines is 2. The molecule has 3 heterocycles. The number of aliphatic hydroxyl groups excluding tert-OH is 1. The summed E-state index contributed by atoms with van der Waals surface area (Å²) in [6.07, 6.45) is 8.86. The summed E-state index contributed by atoms with van der Waals surface area (Å²) in [5.41, 5.74) is 12.0. The molecule has 1 amide bonds. The van der Waals surface area contributed by atoms with Crippen molar-refractivity contribution in [3.8, 4) is 18.4 Å². The van der Waals surface area contributed by atoms with E-state index in [9.17, 15) is 9.90 Å². The van der Waals surface area contributed by atoms with Gasteiger partial charge in [-0.2, -0.15) is 15.0 Å². The van der Waals surface area contributed by atoms with Crippen LogP contribution in [0.25, 0.3) is 0 Å². The molecule has 1 unspecified atom stereocenters. The average molecular weight is 656 g/mol. The van der Waals surface area contributed by atoms with E-state index in [1.54, 1.807) is 15.8 Å². The number of carbonyl (C=O) groups is 1. The number of terminal acetylenes is 1. The molecular formula is C27H46ClN11O6. The van der Waals surface area contributed by atoms with Crippen LogP contribution < -0.4 is 26.4 Å². The average Bonchev–Trinajstić information content (AvgIpc) is 3.55. The quantitative estimate of drug-likeness (QED) is 0.0937. The van der Waals surface area contributed by atoms with Crippen LogP contribution in [-0.4, -0.2) is 138 Å². The highest BCUT2D eigenvalue weighted by molar-refractivity contribution is 5.85. The molecular weight excluding hydrogens is 610 g/mol. The highest BCUT2D eigenvalue weighted by Crippen LogP contribution is 2.22. The number of hydrogen-bond donors (Lipinski definition) is 4. The predicted octanol–water partition coefficient (Wildman–Crippen LogP) is -1.00. The van der Waals surface area contributed by atoms with Gasteiger partial charge < -0.3 is 50.6 Å². The molecule has 0 bridgehead atoms. The van der Waals surface area contributed by atoms with E-state index in [-0.39, 0.29) is 37.5 Å². The van der Waals surface area contributed by atoms with Gasteiger partial charge in [-0.05, 0) is 25.8 Å². The number of halogens is 1. The third kappa shape index (κ3) is 12.5. The minimum Gasteiger partial charge on any atom is -0.467 e. The first-order valence-corrected chi connectivity index (χ1v) is 14.7. The summed E-state index contributed by atoms with van der Waals surface area (Å²) in [5.74, 6) is 3.15. The number of aromatic nitrogens is 6. The first kappa shape index (κ1) is 37.8. The highest BCUT2D eigenvalue weighted by Gasteiger charge is 2.30. The summed E-state index contributed by atoms with van der Waals surface area (Å²) in [5, 5.41) is 20.7. The highest BCUT2D eigenvalue weighted by atomic mass is 35.5. The number of nitrogens with one attached hydrogen (secondary N) is 1. The number of aliphatic hydroxyl groups is 1. The number of piperazine rings is 1. The monoisotopic (exact) mass is 655 g/mol. The number of hydrogen-bond acceptors (Lipinski definition) is 15. The van der Waals surface area contributed by atoms with E-state index in [2.05, 4.69) is 36.5 Å². The molecule has 1 aliphatic rings. The van der Waals surface area contributed by atoms with E-state index < -0.39 is 12.1 Å². The number of methoxy groups -OCH3 is 1. The maximum atomic E-state index is 13.6. The van der Waals surface area contributed by atoms with Crippen molar-refractivity contribution in [3.05, 3.63) is 11.9 Å². The van der Waals surface area contributed by atoms with Gasteiger partial charge in [-0.1, -0.05) is 11.1 Å². The van der Waals surface area contributed by atoms with Crippen molar-refractivity contribution in [1.82, 2.24) is 34.8 Å². The summed E-state index contributed by atoms with van der Waals surface area (Å²) < 4.78 is 23.0. The van der Waals surface area contributed by atoms with Gasteiger partial charge in [-0.3, -0.25) is 4.79 Å². The molecule has 18 heteroatoms. The molecule has 1 fully saturated rings. The molecule has 0 spiro atoms. The molecule has 17 nitrogen and oxygen atoms in total. The van der Waals surface area contributed by atoms with Crippen molar-refractivity contribution >= 4 is 30.2 Å². The van der Waals surface area contributed by atoms with E-state index >= 15 is 0 Å². The Labute approximate surface area is 269 Å². The first-order chi connectivity index (χ1) is 21.5. The third-order valence-electron chi connectivity index (χ3n) is 6.76. The van der Waals surface area contributed by atoms with Gasteiger partial charge in [0, 0.05) is 32.7 Å². The fourth-order valence-corrected chi connectivity index (χ4v) is 4.36. The lowest BCUT2D eigenvalue weighted by molar-refractivity contribution is -0.135. The Balaban J connectivity index is 0.00000705. The van der Waals surface area contributed by atoms with Crippen molar-refractivity contribution < 1.29 is 28.8 Å². The minimum atomic E-state index is -0.660. The number of ether oxygens (including phenoxy) is 4. The second-order valence-corrected chi connectivity index (χ2v) is 9.88. The van der Waals surface area contributed by atoms with Crippen molar-refractivity contribution in [1.29, 1.82) is 0 Å². The Morgan fingerprint density at radius 1 is 1.09 bits per heavy atom. The summed E-state index contributed by atoms with van der Waals surface area (Å²) in [6.45, 7) is 5.20. The molecule has 252 valence electrons. The molecule has 0 aliphatic carbocycles. The van der Waals surface area contributed by atoms with Gasteiger partial charge in [0.25, 0.3) is 0 Å². The van der Waals surface area contributed by atoms with E-state index in [0.717, 1.165) is 12.8 Å². The second-order valence-electron chi connectivity index (χ2n) is 9.88. The van der Waals surface area contributed by atoms with E-state index in [0.29, 0.717) is 96.3 Å². The maximum Gasteiger partial charge on any atom is 0.322 e. The van der Waals surface area contributed by atoms with Crippen LogP contribution in [0.4, 0.5) is 11.9 Å². The number of unbranched alkanes of at least 4 members (excludes halogenated alkanes) is 1. The standard InChI is InChI=1S/C27H45N11O6.ClH/c1-3-13-42-15-17-44-18-16-43-14-8-30-25-31-26(33-27(32-25)41-2)37-11-9-36(10-12-37)24(40)23(6-4-5-7-28)38-19-22(34-35-38)21(29)20-39;/h1,19,21,23,39H,4-18,20,28-29H2,2H3,(H,30,31,32,33);1H/t21?,23-;/m0./s1. The lowest BCUT2D eigenvalue weighted by Gasteiger charge is -2.36. The largest absolute Gasteiger partial charge is 0.467 e. The van der Waals surface area contributed by atoms with Crippen LogP contribution in [0.3, 0.4) is 0 Å².